The summed E-state index contributed by atoms with van der Waals surface area (Å²) in [7, 11) is 0. The van der Waals surface area contributed by atoms with Gasteiger partial charge in [-0.05, 0) is 24.6 Å². The van der Waals surface area contributed by atoms with E-state index in [0.29, 0.717) is 32.8 Å². The molecule has 3 aromatic rings. The van der Waals surface area contributed by atoms with E-state index in [2.05, 4.69) is 30.9 Å². The molecule has 0 aliphatic rings. The maximum Gasteiger partial charge on any atom is 0.409 e. The molecule has 3 rings (SSSR count). The number of carboxylic acid groups (broad SMARTS) is 1. The largest absolute Gasteiger partial charge is 0.465 e. The number of fused-ring (bicyclic) bond motifs is 1. The van der Waals surface area contributed by atoms with Gasteiger partial charge in [-0.3, -0.25) is 10.1 Å². The van der Waals surface area contributed by atoms with Crippen LogP contribution < -0.4 is 16.0 Å². The van der Waals surface area contributed by atoms with Crippen LogP contribution in [0.1, 0.15) is 12.5 Å². The lowest BCUT2D eigenvalue weighted by atomic mass is 10.2. The van der Waals surface area contributed by atoms with E-state index in [1.807, 2.05) is 6.92 Å². The lowest BCUT2D eigenvalue weighted by Gasteiger charge is -2.10. The quantitative estimate of drug-likeness (QED) is 0.563. The SMILES string of the molecule is CC(=O)Nc1nc2cnc(Nc3cc(NC(=O)O)ccc3C)nc2s1. The summed E-state index contributed by atoms with van der Waals surface area (Å²) >= 11 is 1.24. The molecule has 25 heavy (non-hydrogen) atoms. The topological polar surface area (TPSA) is 129 Å². The van der Waals surface area contributed by atoms with E-state index in [4.69, 9.17) is 5.11 Å². The van der Waals surface area contributed by atoms with Crippen molar-refractivity contribution in [3.8, 4) is 0 Å². The molecule has 0 saturated heterocycles. The van der Waals surface area contributed by atoms with Gasteiger partial charge in [0.25, 0.3) is 0 Å². The number of aryl methyl sites for hydroxylation is 1. The Hall–Kier alpha value is -3.27. The minimum absolute atomic E-state index is 0.205. The van der Waals surface area contributed by atoms with Crippen LogP contribution in [0.15, 0.2) is 24.4 Å². The molecule has 0 aliphatic carbocycles. The van der Waals surface area contributed by atoms with Gasteiger partial charge in [-0.1, -0.05) is 17.4 Å². The zero-order chi connectivity index (χ0) is 18.0. The lowest BCUT2D eigenvalue weighted by molar-refractivity contribution is -0.114. The molecule has 0 saturated carbocycles. The lowest BCUT2D eigenvalue weighted by Crippen LogP contribution is -2.07. The maximum atomic E-state index is 11.1. The van der Waals surface area contributed by atoms with Crippen molar-refractivity contribution in [1.29, 1.82) is 0 Å². The van der Waals surface area contributed by atoms with Crippen molar-refractivity contribution in [3.63, 3.8) is 0 Å². The summed E-state index contributed by atoms with van der Waals surface area (Å²) in [5, 5.41) is 17.2. The fourth-order valence-corrected chi connectivity index (χ4v) is 2.93. The molecule has 2 amide bonds. The standard InChI is InChI=1S/C15H14N6O3S/c1-7-3-4-9(18-15(23)24)5-10(7)19-13-16-6-11-12(21-13)25-14(20-11)17-8(2)22/h3-6,18H,1-2H3,(H,23,24)(H,16,19,21)(H,17,20,22). The number of carbonyl (C=O) groups excluding carboxylic acids is 1. The van der Waals surface area contributed by atoms with Crippen molar-refractivity contribution < 1.29 is 14.7 Å². The summed E-state index contributed by atoms with van der Waals surface area (Å²) in [6.45, 7) is 3.29. The molecule has 0 atom stereocenters. The van der Waals surface area contributed by atoms with Crippen molar-refractivity contribution in [2.75, 3.05) is 16.0 Å². The average molecular weight is 358 g/mol. The first-order valence-electron chi connectivity index (χ1n) is 7.19. The van der Waals surface area contributed by atoms with Gasteiger partial charge < -0.3 is 15.7 Å². The summed E-state index contributed by atoms with van der Waals surface area (Å²) in [4.78, 5) is 35.3. The van der Waals surface area contributed by atoms with E-state index in [1.165, 1.54) is 18.3 Å². The van der Waals surface area contributed by atoms with Gasteiger partial charge in [0.2, 0.25) is 11.9 Å². The van der Waals surface area contributed by atoms with E-state index in [9.17, 15) is 9.59 Å². The number of aromatic nitrogens is 3. The molecule has 2 heterocycles. The minimum atomic E-state index is -1.14. The Labute approximate surface area is 146 Å². The molecule has 9 nitrogen and oxygen atoms in total. The Morgan fingerprint density at radius 1 is 1.20 bits per heavy atom. The molecule has 0 aliphatic heterocycles. The molecule has 0 radical (unpaired) electrons. The molecule has 4 N–H and O–H groups in total. The zero-order valence-electron chi connectivity index (χ0n) is 13.3. The van der Waals surface area contributed by atoms with Crippen molar-refractivity contribution in [2.45, 2.75) is 13.8 Å². The summed E-state index contributed by atoms with van der Waals surface area (Å²) in [6, 6.07) is 5.11. The first kappa shape index (κ1) is 16.6. The number of anilines is 4. The van der Waals surface area contributed by atoms with Gasteiger partial charge in [0.1, 0.15) is 5.52 Å². The average Bonchev–Trinajstić information content (AvgIpc) is 2.90. The highest BCUT2D eigenvalue weighted by molar-refractivity contribution is 7.21. The second-order valence-electron chi connectivity index (χ2n) is 5.17. The van der Waals surface area contributed by atoms with Gasteiger partial charge in [-0.15, -0.1) is 0 Å². The summed E-state index contributed by atoms with van der Waals surface area (Å²) in [6.07, 6.45) is 0.420. The Balaban J connectivity index is 1.87. The van der Waals surface area contributed by atoms with Crippen LogP contribution in [-0.2, 0) is 4.79 Å². The summed E-state index contributed by atoms with van der Waals surface area (Å²) in [5.74, 6) is 0.143. The molecule has 0 fully saturated rings. The first-order chi connectivity index (χ1) is 11.9. The number of amides is 2. The predicted molar refractivity (Wildman–Crippen MR) is 95.6 cm³/mol. The number of nitrogens with zero attached hydrogens (tertiary/aromatic N) is 3. The van der Waals surface area contributed by atoms with E-state index in [1.54, 1.807) is 24.4 Å². The number of hydrogen-bond acceptors (Lipinski definition) is 7. The molecule has 0 unspecified atom stereocenters. The monoisotopic (exact) mass is 358 g/mol. The third-order valence-corrected chi connectivity index (χ3v) is 4.05. The third-order valence-electron chi connectivity index (χ3n) is 3.17. The second kappa shape index (κ2) is 6.69. The van der Waals surface area contributed by atoms with Crippen molar-refractivity contribution >= 4 is 56.1 Å². The van der Waals surface area contributed by atoms with Crippen molar-refractivity contribution in [1.82, 2.24) is 15.0 Å². The minimum Gasteiger partial charge on any atom is -0.465 e. The van der Waals surface area contributed by atoms with E-state index >= 15 is 0 Å². The Kier molecular flexibility index (Phi) is 4.44. The van der Waals surface area contributed by atoms with Crippen LogP contribution in [0.4, 0.5) is 27.2 Å². The third kappa shape index (κ3) is 3.98. The van der Waals surface area contributed by atoms with E-state index < -0.39 is 6.09 Å². The van der Waals surface area contributed by atoms with E-state index in [-0.39, 0.29) is 5.91 Å². The maximum absolute atomic E-state index is 11.1. The number of thiazole rings is 1. The Bertz CT molecular complexity index is 971. The molecule has 0 spiro atoms. The summed E-state index contributed by atoms with van der Waals surface area (Å²) in [5.41, 5.74) is 2.60. The molecular weight excluding hydrogens is 344 g/mol. The molecular formula is C15H14N6O3S. The second-order valence-corrected chi connectivity index (χ2v) is 6.15. The van der Waals surface area contributed by atoms with Gasteiger partial charge in [0, 0.05) is 18.3 Å². The van der Waals surface area contributed by atoms with Gasteiger partial charge in [0.05, 0.1) is 6.20 Å². The first-order valence-corrected chi connectivity index (χ1v) is 8.01. The molecule has 10 heteroatoms. The van der Waals surface area contributed by atoms with Gasteiger partial charge in [-0.25, -0.2) is 14.8 Å². The molecule has 128 valence electrons. The van der Waals surface area contributed by atoms with E-state index in [0.717, 1.165) is 5.56 Å². The van der Waals surface area contributed by atoms with Crippen molar-refractivity contribution in [3.05, 3.63) is 30.0 Å². The highest BCUT2D eigenvalue weighted by Crippen LogP contribution is 2.27. The fourth-order valence-electron chi connectivity index (χ4n) is 2.08. The van der Waals surface area contributed by atoms with Crippen LogP contribution in [-0.4, -0.2) is 32.1 Å². The van der Waals surface area contributed by atoms with Crippen LogP contribution in [0, 0.1) is 6.92 Å². The normalized spacial score (nSPS) is 10.5. The van der Waals surface area contributed by atoms with Gasteiger partial charge in [-0.2, -0.15) is 4.98 Å². The van der Waals surface area contributed by atoms with Crippen LogP contribution in [0.2, 0.25) is 0 Å². The molecule has 0 bridgehead atoms. The van der Waals surface area contributed by atoms with Gasteiger partial charge in [0.15, 0.2) is 9.96 Å². The predicted octanol–water partition coefficient (Wildman–Crippen LogP) is 3.19. The van der Waals surface area contributed by atoms with Crippen LogP contribution in [0.25, 0.3) is 10.3 Å². The van der Waals surface area contributed by atoms with Crippen molar-refractivity contribution in [2.24, 2.45) is 0 Å². The van der Waals surface area contributed by atoms with Crippen LogP contribution >= 0.6 is 11.3 Å². The number of carbonyl (C=O) groups is 2. The molecule has 2 aromatic heterocycles. The summed E-state index contributed by atoms with van der Waals surface area (Å²) < 4.78 is 0. The number of nitrogens with one attached hydrogen (secondary N) is 3. The Morgan fingerprint density at radius 3 is 2.72 bits per heavy atom. The van der Waals surface area contributed by atoms with Crippen LogP contribution in [0.5, 0.6) is 0 Å². The van der Waals surface area contributed by atoms with Gasteiger partial charge >= 0.3 is 6.09 Å². The van der Waals surface area contributed by atoms with Crippen LogP contribution in [0.3, 0.4) is 0 Å². The highest BCUT2D eigenvalue weighted by atomic mass is 32.1. The highest BCUT2D eigenvalue weighted by Gasteiger charge is 2.10. The zero-order valence-corrected chi connectivity index (χ0v) is 14.1. The molecule has 1 aromatic carbocycles. The number of hydrogen-bond donors (Lipinski definition) is 4. The Morgan fingerprint density at radius 2 is 2.00 bits per heavy atom. The number of rotatable bonds is 4. The fraction of sp³-hybridized carbons (Fsp3) is 0.133. The smallest absolute Gasteiger partial charge is 0.409 e. The number of benzene rings is 1.